The molecule has 0 aromatic rings. The van der Waals surface area contributed by atoms with Gasteiger partial charge in [0.25, 0.3) is 0 Å². The van der Waals surface area contributed by atoms with Crippen molar-refractivity contribution in [3.05, 3.63) is 26.0 Å². The molecule has 3 aliphatic heterocycles. The number of thioether (sulfide) groups is 4. The molecule has 3 heterocycles. The third-order valence-corrected chi connectivity index (χ3v) is 14.2. The van der Waals surface area contributed by atoms with E-state index in [4.69, 9.17) is 0 Å². The Labute approximate surface area is 107 Å². The Kier molecular flexibility index (Phi) is 3.23. The Bertz CT molecular complexity index is 316. The molecule has 0 aromatic carbocycles. The quantitative estimate of drug-likeness (QED) is 0.598. The van der Waals surface area contributed by atoms with Crippen LogP contribution in [0.15, 0.2) is 26.0 Å². The molecule has 3 aliphatic rings. The first-order valence-electron chi connectivity index (χ1n) is 3.52. The van der Waals surface area contributed by atoms with Crippen molar-refractivity contribution in [3.63, 3.8) is 0 Å². The van der Waals surface area contributed by atoms with Crippen LogP contribution in [0.25, 0.3) is 0 Å². The normalized spacial score (nSPS) is 26.5. The average molecular weight is 374 g/mol. The third-order valence-electron chi connectivity index (χ3n) is 1.49. The maximum absolute atomic E-state index is 2.38. The summed E-state index contributed by atoms with van der Waals surface area (Å²) in [6.45, 7) is 0. The van der Waals surface area contributed by atoms with E-state index < -0.39 is 0 Å². The van der Waals surface area contributed by atoms with Crippen LogP contribution >= 0.6 is 47.0 Å². The molecule has 0 spiro atoms. The number of rotatable bonds is 0. The minimum atomic E-state index is 0.685. The Morgan fingerprint density at radius 2 is 1.54 bits per heavy atom. The Hall–Kier alpha value is 1.66. The van der Waals surface area contributed by atoms with E-state index in [1.807, 2.05) is 47.0 Å². The minimum absolute atomic E-state index is 0.685. The van der Waals surface area contributed by atoms with E-state index in [0.717, 1.165) is 0 Å². The molecule has 3 rings (SSSR count). The molecule has 0 saturated heterocycles. The van der Waals surface area contributed by atoms with Crippen LogP contribution < -0.4 is 0 Å². The van der Waals surface area contributed by atoms with Crippen molar-refractivity contribution in [2.75, 3.05) is 5.08 Å². The van der Waals surface area contributed by atoms with Gasteiger partial charge in [-0.15, -0.1) is 0 Å². The second-order valence-corrected chi connectivity index (χ2v) is 12.6. The van der Waals surface area contributed by atoms with Gasteiger partial charge in [0, 0.05) is 0 Å². The van der Waals surface area contributed by atoms with Crippen molar-refractivity contribution in [1.29, 1.82) is 0 Å². The van der Waals surface area contributed by atoms with E-state index in [-0.39, 0.29) is 0 Å². The topological polar surface area (TPSA) is 0 Å². The molecule has 68 valence electrons. The van der Waals surface area contributed by atoms with Crippen LogP contribution in [0.1, 0.15) is 0 Å². The van der Waals surface area contributed by atoms with Crippen LogP contribution in [0, 0.1) is 0 Å². The molecule has 0 aromatic heterocycles. The number of hydrogen-bond donors (Lipinski definition) is 0. The molecule has 6 heteroatoms. The zero-order chi connectivity index (χ0) is 8.67. The van der Waals surface area contributed by atoms with Crippen molar-refractivity contribution in [2.24, 2.45) is 0 Å². The average Bonchev–Trinajstić information content (AvgIpc) is 2.78. The van der Waals surface area contributed by atoms with Gasteiger partial charge in [-0.3, -0.25) is 0 Å². The molecule has 13 heavy (non-hydrogen) atoms. The second kappa shape index (κ2) is 4.26. The van der Waals surface area contributed by atoms with Gasteiger partial charge in [0.1, 0.15) is 0 Å². The summed E-state index contributed by atoms with van der Waals surface area (Å²) < 4.78 is 6.53. The van der Waals surface area contributed by atoms with Gasteiger partial charge in [-0.2, -0.15) is 0 Å². The van der Waals surface area contributed by atoms with Gasteiger partial charge >= 0.3 is 108 Å². The van der Waals surface area contributed by atoms with E-state index >= 15 is 0 Å². The van der Waals surface area contributed by atoms with Crippen LogP contribution in [0.2, 0.25) is 0 Å². The van der Waals surface area contributed by atoms with Crippen molar-refractivity contribution in [1.82, 2.24) is 0 Å². The second-order valence-electron chi connectivity index (χ2n) is 2.27. The molecule has 0 amide bonds. The van der Waals surface area contributed by atoms with Gasteiger partial charge in [0.05, 0.1) is 0 Å². The van der Waals surface area contributed by atoms with Crippen LogP contribution in [0.5, 0.6) is 0 Å². The standard InChI is InChI=1S/C7H4S4Se2/c1-2-13-7(12-1)6-10-4-5(11-6)9-3-8-4/h1-2H,3H2. The van der Waals surface area contributed by atoms with E-state index in [1.54, 1.807) is 16.1 Å². The summed E-state index contributed by atoms with van der Waals surface area (Å²) in [4.78, 5) is 4.75. The monoisotopic (exact) mass is 376 g/mol. The molecule has 0 N–H and O–H groups in total. The molecule has 0 nitrogen and oxygen atoms in total. The van der Waals surface area contributed by atoms with Gasteiger partial charge in [-0.05, 0) is 0 Å². The summed E-state index contributed by atoms with van der Waals surface area (Å²) in [5.74, 6) is 0. The molecule has 0 bridgehead atoms. The molecular weight excluding hydrogens is 370 g/mol. The van der Waals surface area contributed by atoms with Crippen LogP contribution in [-0.4, -0.2) is 35.0 Å². The first-order chi connectivity index (χ1) is 6.43. The van der Waals surface area contributed by atoms with Gasteiger partial charge in [-0.25, -0.2) is 0 Å². The molecule has 0 unspecified atom stereocenters. The van der Waals surface area contributed by atoms with Gasteiger partial charge in [0.15, 0.2) is 0 Å². The third kappa shape index (κ3) is 1.98. The SMILES string of the molecule is C1=C[Se]C(=C2SC3=C(SCS3)S2)[Se]1. The van der Waals surface area contributed by atoms with Crippen LogP contribution in [0.3, 0.4) is 0 Å². The maximum atomic E-state index is 2.38. The molecule has 0 fully saturated rings. The van der Waals surface area contributed by atoms with Crippen molar-refractivity contribution >= 4 is 77.0 Å². The van der Waals surface area contributed by atoms with E-state index in [1.165, 1.54) is 5.08 Å². The molecule has 0 aliphatic carbocycles. The predicted molar refractivity (Wildman–Crippen MR) is 69.9 cm³/mol. The first kappa shape index (κ1) is 9.85. The van der Waals surface area contributed by atoms with Crippen molar-refractivity contribution in [2.45, 2.75) is 0 Å². The molecule has 0 saturated carbocycles. The first-order valence-corrected chi connectivity index (χ1v) is 10.8. The van der Waals surface area contributed by atoms with E-state index in [2.05, 4.69) is 9.95 Å². The van der Waals surface area contributed by atoms with Crippen LogP contribution in [0.4, 0.5) is 0 Å². The van der Waals surface area contributed by atoms with Crippen molar-refractivity contribution in [3.8, 4) is 0 Å². The van der Waals surface area contributed by atoms with E-state index in [0.29, 0.717) is 29.9 Å². The Morgan fingerprint density at radius 3 is 2.15 bits per heavy atom. The summed E-state index contributed by atoms with van der Waals surface area (Å²) in [6, 6.07) is 0. The summed E-state index contributed by atoms with van der Waals surface area (Å²) >= 11 is 9.48. The zero-order valence-corrected chi connectivity index (χ0v) is 13.0. The number of hydrogen-bond acceptors (Lipinski definition) is 4. The zero-order valence-electron chi connectivity index (χ0n) is 6.31. The van der Waals surface area contributed by atoms with Gasteiger partial charge < -0.3 is 0 Å². The molecule has 0 radical (unpaired) electrons. The fraction of sp³-hybridized carbons (Fsp3) is 0.143. The van der Waals surface area contributed by atoms with Crippen LogP contribution in [-0.2, 0) is 0 Å². The Morgan fingerprint density at radius 1 is 0.923 bits per heavy atom. The van der Waals surface area contributed by atoms with Crippen molar-refractivity contribution < 1.29 is 0 Å². The van der Waals surface area contributed by atoms with E-state index in [9.17, 15) is 0 Å². The fourth-order valence-electron chi connectivity index (χ4n) is 0.972. The summed E-state index contributed by atoms with van der Waals surface area (Å²) in [6.07, 6.45) is 0. The van der Waals surface area contributed by atoms with Gasteiger partial charge in [0.2, 0.25) is 0 Å². The fourth-order valence-corrected chi connectivity index (χ4v) is 13.3. The predicted octanol–water partition coefficient (Wildman–Crippen LogP) is 3.05. The summed E-state index contributed by atoms with van der Waals surface area (Å²) in [5.41, 5.74) is 0. The molecular formula is C7H4S4Se2. The Balaban J connectivity index is 1.82. The summed E-state index contributed by atoms with van der Waals surface area (Å²) in [5, 5.41) is 1.24. The summed E-state index contributed by atoms with van der Waals surface area (Å²) in [7, 11) is 0. The molecule has 0 atom stereocenters. The van der Waals surface area contributed by atoms with Gasteiger partial charge in [-0.1, -0.05) is 0 Å².